The van der Waals surface area contributed by atoms with Gasteiger partial charge >= 0.3 is 0 Å². The Morgan fingerprint density at radius 2 is 2.20 bits per heavy atom. The van der Waals surface area contributed by atoms with Crippen molar-refractivity contribution in [2.45, 2.75) is 6.92 Å². The van der Waals surface area contributed by atoms with Crippen molar-refractivity contribution in [2.24, 2.45) is 5.10 Å². The maximum Gasteiger partial charge on any atom is 0.274 e. The van der Waals surface area contributed by atoms with Gasteiger partial charge in [-0.05, 0) is 30.7 Å². The first-order chi connectivity index (χ1) is 9.47. The number of hydrogen-bond donors (Lipinski definition) is 1. The molecule has 1 aromatic rings. The molecular formula is C14H16ClN3O2. The summed E-state index contributed by atoms with van der Waals surface area (Å²) in [4.78, 5) is 13.4. The minimum Gasteiger partial charge on any atom is -0.487 e. The first-order valence-electron chi connectivity index (χ1n) is 6.12. The minimum absolute atomic E-state index is 0.218. The zero-order chi connectivity index (χ0) is 14.7. The predicted octanol–water partition coefficient (Wildman–Crippen LogP) is 1.96. The number of aryl methyl sites for hydroxylation is 1. The minimum atomic E-state index is -0.218. The molecule has 1 amide bonds. The van der Waals surface area contributed by atoms with Gasteiger partial charge < -0.3 is 9.64 Å². The number of ether oxygens (including phenoxy) is 1. The zero-order valence-electron chi connectivity index (χ0n) is 11.6. The molecule has 1 aliphatic heterocycles. The third kappa shape index (κ3) is 3.30. The van der Waals surface area contributed by atoms with E-state index in [9.17, 15) is 4.79 Å². The van der Waals surface area contributed by atoms with Crippen LogP contribution >= 0.6 is 11.6 Å². The van der Waals surface area contributed by atoms with Gasteiger partial charge in [0, 0.05) is 25.3 Å². The Hall–Kier alpha value is -2.01. The molecule has 1 heterocycles. The molecular weight excluding hydrogens is 278 g/mol. The molecule has 0 atom stereocenters. The fourth-order valence-corrected chi connectivity index (χ4v) is 1.85. The Labute approximate surface area is 122 Å². The zero-order valence-corrected chi connectivity index (χ0v) is 12.4. The maximum absolute atomic E-state index is 11.6. The molecule has 1 aliphatic rings. The number of nitrogens with one attached hydrogen (secondary N) is 1. The van der Waals surface area contributed by atoms with Crippen LogP contribution in [0.3, 0.4) is 0 Å². The van der Waals surface area contributed by atoms with Crippen molar-refractivity contribution in [3.63, 3.8) is 0 Å². The second-order valence-electron chi connectivity index (χ2n) is 4.71. The molecule has 6 heteroatoms. The van der Waals surface area contributed by atoms with Gasteiger partial charge in [-0.25, -0.2) is 5.43 Å². The summed E-state index contributed by atoms with van der Waals surface area (Å²) in [6.07, 6.45) is 1.72. The SMILES string of the molecule is Cc1cc(OCC2=NNC(=O)/C2=C/N(C)C)ccc1Cl. The van der Waals surface area contributed by atoms with Crippen LogP contribution in [0.15, 0.2) is 35.1 Å². The van der Waals surface area contributed by atoms with Gasteiger partial charge in [-0.1, -0.05) is 11.6 Å². The predicted molar refractivity (Wildman–Crippen MR) is 79.0 cm³/mol. The van der Waals surface area contributed by atoms with Gasteiger partial charge in [-0.15, -0.1) is 0 Å². The molecule has 5 nitrogen and oxygen atoms in total. The number of rotatable bonds is 4. The first-order valence-corrected chi connectivity index (χ1v) is 6.49. The highest BCUT2D eigenvalue weighted by Gasteiger charge is 2.23. The lowest BCUT2D eigenvalue weighted by molar-refractivity contribution is -0.116. The van der Waals surface area contributed by atoms with Crippen LogP contribution in [0.1, 0.15) is 5.56 Å². The number of hydrazone groups is 1. The number of amides is 1. The lowest BCUT2D eigenvalue weighted by Gasteiger charge is -2.09. The molecule has 20 heavy (non-hydrogen) atoms. The fraction of sp³-hybridized carbons (Fsp3) is 0.286. The van der Waals surface area contributed by atoms with E-state index in [0.717, 1.165) is 5.56 Å². The van der Waals surface area contributed by atoms with Gasteiger partial charge in [0.2, 0.25) is 0 Å². The van der Waals surface area contributed by atoms with Crippen LogP contribution in [0.25, 0.3) is 0 Å². The highest BCUT2D eigenvalue weighted by Crippen LogP contribution is 2.21. The van der Waals surface area contributed by atoms with Crippen molar-refractivity contribution in [1.29, 1.82) is 0 Å². The van der Waals surface area contributed by atoms with E-state index in [1.807, 2.05) is 27.1 Å². The molecule has 0 spiro atoms. The molecule has 0 aromatic heterocycles. The Balaban J connectivity index is 2.06. The molecule has 0 saturated heterocycles. The highest BCUT2D eigenvalue weighted by molar-refractivity contribution is 6.31. The molecule has 1 aromatic carbocycles. The topological polar surface area (TPSA) is 53.9 Å². The van der Waals surface area contributed by atoms with Crippen molar-refractivity contribution in [3.8, 4) is 5.75 Å². The van der Waals surface area contributed by atoms with Crippen LogP contribution in [-0.4, -0.2) is 37.2 Å². The van der Waals surface area contributed by atoms with Crippen molar-refractivity contribution < 1.29 is 9.53 Å². The Morgan fingerprint density at radius 3 is 2.85 bits per heavy atom. The molecule has 0 bridgehead atoms. The third-order valence-electron chi connectivity index (χ3n) is 2.74. The standard InChI is InChI=1S/C14H16ClN3O2/c1-9-6-10(4-5-12(9)15)20-8-13-11(7-18(2)3)14(19)17-16-13/h4-7H,8H2,1-3H3,(H,17,19)/b11-7+. The van der Waals surface area contributed by atoms with Crippen LogP contribution in [0.4, 0.5) is 0 Å². The van der Waals surface area contributed by atoms with E-state index in [1.165, 1.54) is 0 Å². The van der Waals surface area contributed by atoms with Crippen LogP contribution in [0.5, 0.6) is 5.75 Å². The van der Waals surface area contributed by atoms with Gasteiger partial charge in [0.15, 0.2) is 0 Å². The largest absolute Gasteiger partial charge is 0.487 e. The second kappa shape index (κ2) is 5.96. The van der Waals surface area contributed by atoms with Crippen molar-refractivity contribution >= 4 is 23.2 Å². The highest BCUT2D eigenvalue weighted by atomic mass is 35.5. The average molecular weight is 294 g/mol. The molecule has 2 rings (SSSR count). The number of carbonyl (C=O) groups is 1. The lowest BCUT2D eigenvalue weighted by atomic mass is 10.2. The normalized spacial score (nSPS) is 16.1. The summed E-state index contributed by atoms with van der Waals surface area (Å²) in [7, 11) is 3.69. The monoisotopic (exact) mass is 293 g/mol. The average Bonchev–Trinajstić information content (AvgIpc) is 2.72. The van der Waals surface area contributed by atoms with Gasteiger partial charge in [-0.3, -0.25) is 4.79 Å². The van der Waals surface area contributed by atoms with E-state index in [4.69, 9.17) is 16.3 Å². The first kappa shape index (κ1) is 14.4. The van der Waals surface area contributed by atoms with Crippen LogP contribution in [0.2, 0.25) is 5.02 Å². The molecule has 0 saturated carbocycles. The summed E-state index contributed by atoms with van der Waals surface area (Å²) in [6.45, 7) is 2.13. The maximum atomic E-state index is 11.6. The van der Waals surface area contributed by atoms with E-state index in [-0.39, 0.29) is 12.5 Å². The third-order valence-corrected chi connectivity index (χ3v) is 3.16. The second-order valence-corrected chi connectivity index (χ2v) is 5.11. The smallest absolute Gasteiger partial charge is 0.274 e. The molecule has 0 fully saturated rings. The lowest BCUT2D eigenvalue weighted by Crippen LogP contribution is -2.19. The summed E-state index contributed by atoms with van der Waals surface area (Å²) in [5, 5.41) is 4.67. The number of hydrogen-bond acceptors (Lipinski definition) is 4. The van der Waals surface area contributed by atoms with Crippen molar-refractivity contribution in [3.05, 3.63) is 40.6 Å². The Morgan fingerprint density at radius 1 is 1.45 bits per heavy atom. The summed E-state index contributed by atoms with van der Waals surface area (Å²) in [6, 6.07) is 5.42. The quantitative estimate of drug-likeness (QED) is 0.864. The molecule has 0 aliphatic carbocycles. The van der Waals surface area contributed by atoms with Crippen LogP contribution in [-0.2, 0) is 4.79 Å². The Kier molecular flexibility index (Phi) is 4.29. The summed E-state index contributed by atoms with van der Waals surface area (Å²) in [5.41, 5.74) is 4.47. The van der Waals surface area contributed by atoms with Gasteiger partial charge in [0.25, 0.3) is 5.91 Å². The van der Waals surface area contributed by atoms with Gasteiger partial charge in [-0.2, -0.15) is 5.10 Å². The van der Waals surface area contributed by atoms with E-state index in [0.29, 0.717) is 22.1 Å². The fourth-order valence-electron chi connectivity index (χ4n) is 1.73. The number of nitrogens with zero attached hydrogens (tertiary/aromatic N) is 2. The van der Waals surface area contributed by atoms with E-state index in [1.54, 1.807) is 23.2 Å². The van der Waals surface area contributed by atoms with Crippen molar-refractivity contribution in [1.82, 2.24) is 10.3 Å². The summed E-state index contributed by atoms with van der Waals surface area (Å²) < 4.78 is 5.64. The number of halogens is 1. The Bertz CT molecular complexity index is 594. The molecule has 0 radical (unpaired) electrons. The molecule has 1 N–H and O–H groups in total. The van der Waals surface area contributed by atoms with E-state index >= 15 is 0 Å². The van der Waals surface area contributed by atoms with E-state index in [2.05, 4.69) is 10.5 Å². The van der Waals surface area contributed by atoms with Crippen LogP contribution in [0, 0.1) is 6.92 Å². The molecule has 106 valence electrons. The van der Waals surface area contributed by atoms with Crippen LogP contribution < -0.4 is 10.2 Å². The molecule has 0 unspecified atom stereocenters. The number of benzene rings is 1. The van der Waals surface area contributed by atoms with Gasteiger partial charge in [0.05, 0.1) is 5.57 Å². The van der Waals surface area contributed by atoms with E-state index < -0.39 is 0 Å². The summed E-state index contributed by atoms with van der Waals surface area (Å²) in [5.74, 6) is 0.475. The summed E-state index contributed by atoms with van der Waals surface area (Å²) >= 11 is 5.96. The van der Waals surface area contributed by atoms with Gasteiger partial charge in [0.1, 0.15) is 18.1 Å². The number of carbonyl (C=O) groups excluding carboxylic acids is 1. The van der Waals surface area contributed by atoms with Crippen molar-refractivity contribution in [2.75, 3.05) is 20.7 Å².